The lowest BCUT2D eigenvalue weighted by atomic mass is 9.83. The summed E-state index contributed by atoms with van der Waals surface area (Å²) < 4.78 is 33.1. The summed E-state index contributed by atoms with van der Waals surface area (Å²) in [5.74, 6) is -0.0968. The smallest absolute Gasteiger partial charge is 0.244 e. The van der Waals surface area contributed by atoms with Crippen LogP contribution in [0.3, 0.4) is 0 Å². The van der Waals surface area contributed by atoms with E-state index in [9.17, 15) is 13.2 Å². The van der Waals surface area contributed by atoms with Crippen molar-refractivity contribution in [2.45, 2.75) is 33.1 Å². The highest BCUT2D eigenvalue weighted by Gasteiger charge is 2.37. The molecule has 1 aliphatic carbocycles. The van der Waals surface area contributed by atoms with Gasteiger partial charge in [-0.3, -0.25) is 9.48 Å². The molecule has 0 radical (unpaired) electrons. The fourth-order valence-corrected chi connectivity index (χ4v) is 4.89. The van der Waals surface area contributed by atoms with Crippen molar-refractivity contribution in [1.29, 1.82) is 0 Å². The summed E-state index contributed by atoms with van der Waals surface area (Å²) in [5, 5.41) is 4.27. The van der Waals surface area contributed by atoms with Crippen LogP contribution >= 0.6 is 0 Å². The van der Waals surface area contributed by atoms with Gasteiger partial charge in [0.25, 0.3) is 0 Å². The lowest BCUT2D eigenvalue weighted by molar-refractivity contribution is -0.121. The number of amides is 1. The number of aromatic nitrogens is 2. The first-order valence-electron chi connectivity index (χ1n) is 8.84. The second-order valence-electron chi connectivity index (χ2n) is 7.05. The minimum absolute atomic E-state index is 0.357. The Morgan fingerprint density at radius 1 is 1.33 bits per heavy atom. The quantitative estimate of drug-likeness (QED) is 0.798. The molecule has 1 amide bonds. The van der Waals surface area contributed by atoms with Gasteiger partial charge in [-0.2, -0.15) is 5.10 Å². The third-order valence-corrected chi connectivity index (χ3v) is 6.24. The highest BCUT2D eigenvalue weighted by molar-refractivity contribution is 7.92. The summed E-state index contributed by atoms with van der Waals surface area (Å²) in [6, 6.07) is 5.84. The minimum Gasteiger partial charge on any atom is -0.496 e. The van der Waals surface area contributed by atoms with Crippen molar-refractivity contribution in [2.24, 2.45) is 13.0 Å². The van der Waals surface area contributed by atoms with Crippen molar-refractivity contribution in [3.05, 3.63) is 40.7 Å². The molecule has 1 atom stereocenters. The molecule has 1 aromatic carbocycles. The number of hydrogen-bond acceptors (Lipinski definition) is 5. The Balaban J connectivity index is 2.01. The van der Waals surface area contributed by atoms with Crippen molar-refractivity contribution in [3.63, 3.8) is 0 Å². The molecule has 0 fully saturated rings. The lowest BCUT2D eigenvalue weighted by Crippen LogP contribution is -2.42. The van der Waals surface area contributed by atoms with Crippen LogP contribution in [0.2, 0.25) is 0 Å². The number of methoxy groups -OCH3 is 1. The molecule has 3 rings (SSSR count). The molecule has 7 nitrogen and oxygen atoms in total. The molecule has 0 bridgehead atoms. The number of nitrogens with zero attached hydrogens (tertiary/aromatic N) is 3. The Kier molecular flexibility index (Phi) is 5.03. The normalized spacial score (nSPS) is 16.7. The molecule has 8 heteroatoms. The average molecular weight is 391 g/mol. The van der Waals surface area contributed by atoms with Gasteiger partial charge in [0.05, 0.1) is 24.8 Å². The van der Waals surface area contributed by atoms with Crippen molar-refractivity contribution in [2.75, 3.05) is 17.7 Å². The van der Waals surface area contributed by atoms with Crippen LogP contribution in [0.25, 0.3) is 0 Å². The van der Waals surface area contributed by atoms with E-state index >= 15 is 0 Å². The topological polar surface area (TPSA) is 81.5 Å². The molecule has 0 saturated carbocycles. The average Bonchev–Trinajstić information content (AvgIpc) is 2.86. The first-order chi connectivity index (χ1) is 12.6. The van der Waals surface area contributed by atoms with Crippen LogP contribution < -0.4 is 9.04 Å². The van der Waals surface area contributed by atoms with E-state index in [-0.39, 0.29) is 0 Å². The largest absolute Gasteiger partial charge is 0.496 e. The van der Waals surface area contributed by atoms with Gasteiger partial charge in [-0.25, -0.2) is 12.7 Å². The molecule has 0 saturated heterocycles. The number of benzene rings is 1. The van der Waals surface area contributed by atoms with E-state index in [1.165, 1.54) is 0 Å². The zero-order chi connectivity index (χ0) is 19.9. The maximum atomic E-state index is 13.3. The highest BCUT2D eigenvalue weighted by Crippen LogP contribution is 2.35. The number of anilines is 1. The van der Waals surface area contributed by atoms with Crippen LogP contribution in [-0.2, 0) is 34.7 Å². The number of carbonyl (C=O) groups excluding carboxylic acids is 1. The standard InChI is InChI=1S/C19H25N3O4S/c1-12-18(13(2)21(3)20-12)22(27(5,24)25)19(23)15-10-9-14-7-6-8-17(26-4)16(14)11-15/h6-8,15H,9-11H2,1-5H3. The van der Waals surface area contributed by atoms with Crippen LogP contribution in [0.5, 0.6) is 5.75 Å². The number of aryl methyl sites for hydroxylation is 3. The molecule has 27 heavy (non-hydrogen) atoms. The molecule has 1 unspecified atom stereocenters. The summed E-state index contributed by atoms with van der Waals surface area (Å²) in [4.78, 5) is 13.3. The van der Waals surface area contributed by atoms with E-state index in [4.69, 9.17) is 4.74 Å². The maximum absolute atomic E-state index is 13.3. The van der Waals surface area contributed by atoms with Crippen LogP contribution in [0, 0.1) is 19.8 Å². The predicted octanol–water partition coefficient (Wildman–Crippen LogP) is 2.14. The maximum Gasteiger partial charge on any atom is 0.244 e. The number of rotatable bonds is 4. The molecule has 1 heterocycles. The van der Waals surface area contributed by atoms with Crippen molar-refractivity contribution < 1.29 is 17.9 Å². The van der Waals surface area contributed by atoms with Gasteiger partial charge in [0, 0.05) is 13.0 Å². The van der Waals surface area contributed by atoms with Crippen LogP contribution in [-0.4, -0.2) is 37.5 Å². The molecule has 0 spiro atoms. The number of ether oxygens (including phenoxy) is 1. The summed E-state index contributed by atoms with van der Waals surface area (Å²) in [7, 11) is -0.454. The Labute approximate surface area is 160 Å². The molecule has 1 aliphatic rings. The monoisotopic (exact) mass is 391 g/mol. The lowest BCUT2D eigenvalue weighted by Gasteiger charge is -2.29. The first-order valence-corrected chi connectivity index (χ1v) is 10.7. The van der Waals surface area contributed by atoms with Gasteiger partial charge >= 0.3 is 0 Å². The van der Waals surface area contributed by atoms with Crippen molar-refractivity contribution in [3.8, 4) is 5.75 Å². The van der Waals surface area contributed by atoms with E-state index in [0.717, 1.165) is 27.4 Å². The third-order valence-electron chi connectivity index (χ3n) is 5.22. The van der Waals surface area contributed by atoms with Gasteiger partial charge in [-0.15, -0.1) is 0 Å². The highest BCUT2D eigenvalue weighted by atomic mass is 32.2. The fourth-order valence-electron chi connectivity index (χ4n) is 3.82. The van der Waals surface area contributed by atoms with Crippen molar-refractivity contribution in [1.82, 2.24) is 9.78 Å². The van der Waals surface area contributed by atoms with Gasteiger partial charge in [0.2, 0.25) is 15.9 Å². The third kappa shape index (κ3) is 3.45. The van der Waals surface area contributed by atoms with Gasteiger partial charge < -0.3 is 4.74 Å². The summed E-state index contributed by atoms with van der Waals surface area (Å²) in [6.45, 7) is 3.48. The Morgan fingerprint density at radius 2 is 2.04 bits per heavy atom. The van der Waals surface area contributed by atoms with E-state index in [0.29, 0.717) is 36.3 Å². The molecule has 146 valence electrons. The SMILES string of the molecule is COc1cccc2c1CC(C(=O)N(c1c(C)nn(C)c1C)S(C)(=O)=O)CC2. The van der Waals surface area contributed by atoms with Crippen LogP contribution in [0.15, 0.2) is 18.2 Å². The molecule has 0 aliphatic heterocycles. The fraction of sp³-hybridized carbons (Fsp3) is 0.474. The first kappa shape index (κ1) is 19.4. The summed E-state index contributed by atoms with van der Waals surface area (Å²) in [5.41, 5.74) is 3.65. The van der Waals surface area contributed by atoms with Crippen LogP contribution in [0.4, 0.5) is 5.69 Å². The minimum atomic E-state index is -3.79. The molecule has 1 aromatic heterocycles. The number of carbonyl (C=O) groups is 1. The van der Waals surface area contributed by atoms with Crippen LogP contribution in [0.1, 0.15) is 28.9 Å². The Bertz CT molecular complexity index is 980. The predicted molar refractivity (Wildman–Crippen MR) is 104 cm³/mol. The number of sulfonamides is 1. The van der Waals surface area contributed by atoms with E-state index in [1.807, 2.05) is 18.2 Å². The van der Waals surface area contributed by atoms with Gasteiger partial charge in [0.15, 0.2) is 0 Å². The Morgan fingerprint density at radius 3 is 2.59 bits per heavy atom. The molecule has 0 N–H and O–H groups in total. The summed E-state index contributed by atoms with van der Waals surface area (Å²) >= 11 is 0. The van der Waals surface area contributed by atoms with Gasteiger partial charge in [-0.1, -0.05) is 12.1 Å². The molecular formula is C19H25N3O4S. The molecule has 2 aromatic rings. The van der Waals surface area contributed by atoms with Crippen molar-refractivity contribution >= 4 is 21.6 Å². The van der Waals surface area contributed by atoms with Gasteiger partial charge in [-0.05, 0) is 50.3 Å². The number of fused-ring (bicyclic) bond motifs is 1. The number of hydrogen-bond donors (Lipinski definition) is 0. The van der Waals surface area contributed by atoms with E-state index in [2.05, 4.69) is 5.10 Å². The second-order valence-corrected chi connectivity index (χ2v) is 8.88. The second kappa shape index (κ2) is 6.99. The van der Waals surface area contributed by atoms with Gasteiger partial charge in [0.1, 0.15) is 11.4 Å². The Hall–Kier alpha value is -2.35. The van der Waals surface area contributed by atoms with E-state index in [1.54, 1.807) is 32.7 Å². The zero-order valence-corrected chi connectivity index (χ0v) is 17.1. The molecular weight excluding hydrogens is 366 g/mol. The zero-order valence-electron chi connectivity index (χ0n) is 16.3. The van der Waals surface area contributed by atoms with E-state index < -0.39 is 21.8 Å². The summed E-state index contributed by atoms with van der Waals surface area (Å²) in [6.07, 6.45) is 2.84.